The molecule has 3 aromatic rings. The predicted octanol–water partition coefficient (Wildman–Crippen LogP) is 4.88. The molecule has 0 spiro atoms. The molecule has 35 heavy (non-hydrogen) atoms. The standard InChI is InChI=1S/C27H30N4O4/c1-34-22-14-21(15-23(17-22)35-2)30-27(33)29-20-10-11-25(31-12-6-7-13-31)24(16-20)26(32)28-18-19-8-4-3-5-9-19/h3-5,8-11,14-17H,6-7,12-13,18H2,1-2H3,(H,28,32)(H2,29,30,33). The molecule has 4 rings (SSSR count). The van der Waals surface area contributed by atoms with E-state index in [2.05, 4.69) is 20.9 Å². The first kappa shape index (κ1) is 23.9. The molecule has 0 saturated carbocycles. The zero-order chi connectivity index (χ0) is 24.6. The number of anilines is 3. The number of hydrogen-bond donors (Lipinski definition) is 3. The summed E-state index contributed by atoms with van der Waals surface area (Å²) in [4.78, 5) is 28.1. The van der Waals surface area contributed by atoms with Crippen LogP contribution in [0.15, 0.2) is 66.7 Å². The lowest BCUT2D eigenvalue weighted by Gasteiger charge is -2.22. The SMILES string of the molecule is COc1cc(NC(=O)Nc2ccc(N3CCCC3)c(C(=O)NCc3ccccc3)c2)cc(OC)c1. The number of carbonyl (C=O) groups is 2. The van der Waals surface area contributed by atoms with E-state index in [0.29, 0.717) is 35.0 Å². The van der Waals surface area contributed by atoms with E-state index in [4.69, 9.17) is 9.47 Å². The molecule has 1 saturated heterocycles. The Balaban J connectivity index is 1.51. The Morgan fingerprint density at radius 1 is 0.829 bits per heavy atom. The second kappa shape index (κ2) is 11.3. The van der Waals surface area contributed by atoms with Crippen molar-refractivity contribution in [3.8, 4) is 11.5 Å². The molecule has 0 radical (unpaired) electrons. The second-order valence-corrected chi connectivity index (χ2v) is 8.27. The minimum absolute atomic E-state index is 0.183. The maximum atomic E-state index is 13.2. The number of nitrogens with zero attached hydrogens (tertiary/aromatic N) is 1. The third-order valence-corrected chi connectivity index (χ3v) is 5.85. The lowest BCUT2D eigenvalue weighted by molar-refractivity contribution is 0.0951. The molecule has 182 valence electrons. The molecule has 0 unspecified atom stereocenters. The van der Waals surface area contributed by atoms with Crippen molar-refractivity contribution in [3.05, 3.63) is 77.9 Å². The van der Waals surface area contributed by atoms with Crippen LogP contribution in [-0.2, 0) is 6.54 Å². The third kappa shape index (κ3) is 6.23. The van der Waals surface area contributed by atoms with E-state index >= 15 is 0 Å². The number of methoxy groups -OCH3 is 2. The van der Waals surface area contributed by atoms with E-state index in [0.717, 1.165) is 37.2 Å². The molecule has 3 N–H and O–H groups in total. The van der Waals surface area contributed by atoms with E-state index in [1.165, 1.54) is 0 Å². The maximum Gasteiger partial charge on any atom is 0.323 e. The Morgan fingerprint density at radius 2 is 1.49 bits per heavy atom. The fourth-order valence-corrected chi connectivity index (χ4v) is 4.08. The van der Waals surface area contributed by atoms with Gasteiger partial charge >= 0.3 is 6.03 Å². The molecule has 1 heterocycles. The topological polar surface area (TPSA) is 91.9 Å². The first-order chi connectivity index (χ1) is 17.1. The summed E-state index contributed by atoms with van der Waals surface area (Å²) in [5.74, 6) is 0.941. The highest BCUT2D eigenvalue weighted by Gasteiger charge is 2.20. The van der Waals surface area contributed by atoms with Crippen molar-refractivity contribution in [2.75, 3.05) is 42.8 Å². The van der Waals surface area contributed by atoms with E-state index < -0.39 is 6.03 Å². The Hall–Kier alpha value is -4.20. The van der Waals surface area contributed by atoms with Gasteiger partial charge in [0.2, 0.25) is 0 Å². The zero-order valence-corrected chi connectivity index (χ0v) is 20.0. The fraction of sp³-hybridized carbons (Fsp3) is 0.259. The van der Waals surface area contributed by atoms with E-state index in [1.807, 2.05) is 42.5 Å². The van der Waals surface area contributed by atoms with Gasteiger partial charge in [0.15, 0.2) is 0 Å². The summed E-state index contributed by atoms with van der Waals surface area (Å²) in [6.45, 7) is 2.24. The highest BCUT2D eigenvalue weighted by Crippen LogP contribution is 2.29. The smallest absolute Gasteiger partial charge is 0.323 e. The molecule has 3 amide bonds. The quantitative estimate of drug-likeness (QED) is 0.433. The largest absolute Gasteiger partial charge is 0.497 e. The predicted molar refractivity (Wildman–Crippen MR) is 138 cm³/mol. The average Bonchev–Trinajstić information content (AvgIpc) is 3.42. The van der Waals surface area contributed by atoms with Crippen molar-refractivity contribution in [1.29, 1.82) is 0 Å². The van der Waals surface area contributed by atoms with Crippen LogP contribution in [0.1, 0.15) is 28.8 Å². The van der Waals surface area contributed by atoms with Gasteiger partial charge in [-0.25, -0.2) is 4.79 Å². The van der Waals surface area contributed by atoms with Gasteiger partial charge in [-0.15, -0.1) is 0 Å². The Kier molecular flexibility index (Phi) is 7.72. The summed E-state index contributed by atoms with van der Waals surface area (Å²) in [5.41, 5.74) is 3.46. The molecule has 8 nitrogen and oxygen atoms in total. The van der Waals surface area contributed by atoms with Gasteiger partial charge in [-0.1, -0.05) is 30.3 Å². The van der Waals surface area contributed by atoms with Gasteiger partial charge in [-0.3, -0.25) is 4.79 Å². The van der Waals surface area contributed by atoms with Crippen molar-refractivity contribution in [2.45, 2.75) is 19.4 Å². The summed E-state index contributed by atoms with van der Waals surface area (Å²) in [5, 5.41) is 8.61. The van der Waals surface area contributed by atoms with Crippen molar-refractivity contribution >= 4 is 29.0 Å². The van der Waals surface area contributed by atoms with Gasteiger partial charge in [0, 0.05) is 54.9 Å². The fourth-order valence-electron chi connectivity index (χ4n) is 4.08. The van der Waals surface area contributed by atoms with Crippen LogP contribution in [0.25, 0.3) is 0 Å². The second-order valence-electron chi connectivity index (χ2n) is 8.27. The molecule has 8 heteroatoms. The number of nitrogens with one attached hydrogen (secondary N) is 3. The monoisotopic (exact) mass is 474 g/mol. The first-order valence-corrected chi connectivity index (χ1v) is 11.6. The lowest BCUT2D eigenvalue weighted by atomic mass is 10.1. The minimum atomic E-state index is -0.440. The van der Waals surface area contributed by atoms with Gasteiger partial charge < -0.3 is 30.3 Å². The van der Waals surface area contributed by atoms with Crippen LogP contribution < -0.4 is 30.3 Å². The Bertz CT molecular complexity index is 1150. The molecule has 0 atom stereocenters. The van der Waals surface area contributed by atoms with Crippen LogP contribution in [0.4, 0.5) is 21.9 Å². The number of ether oxygens (including phenoxy) is 2. The minimum Gasteiger partial charge on any atom is -0.497 e. The molecular weight excluding hydrogens is 444 g/mol. The van der Waals surface area contributed by atoms with Gasteiger partial charge in [0.05, 0.1) is 19.8 Å². The highest BCUT2D eigenvalue weighted by molar-refractivity contribution is 6.04. The summed E-state index contributed by atoms with van der Waals surface area (Å²) in [6, 6.07) is 19.9. The first-order valence-electron chi connectivity index (χ1n) is 11.6. The molecule has 1 aliphatic heterocycles. The number of amides is 3. The van der Waals surface area contributed by atoms with Crippen LogP contribution in [0.2, 0.25) is 0 Å². The van der Waals surface area contributed by atoms with Crippen LogP contribution in [-0.4, -0.2) is 39.2 Å². The number of carbonyl (C=O) groups excluding carboxylic acids is 2. The number of urea groups is 1. The van der Waals surface area contributed by atoms with Crippen molar-refractivity contribution in [1.82, 2.24) is 5.32 Å². The van der Waals surface area contributed by atoms with Gasteiger partial charge in [0.1, 0.15) is 11.5 Å². The van der Waals surface area contributed by atoms with Crippen LogP contribution >= 0.6 is 0 Å². The Morgan fingerprint density at radius 3 is 2.14 bits per heavy atom. The molecular formula is C27H30N4O4. The maximum absolute atomic E-state index is 13.2. The van der Waals surface area contributed by atoms with Gasteiger partial charge in [0.25, 0.3) is 5.91 Å². The normalized spacial score (nSPS) is 12.7. The van der Waals surface area contributed by atoms with Crippen LogP contribution in [0, 0.1) is 0 Å². The summed E-state index contributed by atoms with van der Waals surface area (Å²) >= 11 is 0. The van der Waals surface area contributed by atoms with E-state index in [9.17, 15) is 9.59 Å². The molecule has 0 aromatic heterocycles. The zero-order valence-electron chi connectivity index (χ0n) is 20.0. The summed E-state index contributed by atoms with van der Waals surface area (Å²) in [7, 11) is 3.09. The van der Waals surface area contributed by atoms with Crippen LogP contribution in [0.3, 0.4) is 0 Å². The van der Waals surface area contributed by atoms with Crippen LogP contribution in [0.5, 0.6) is 11.5 Å². The number of benzene rings is 3. The highest BCUT2D eigenvalue weighted by atomic mass is 16.5. The van der Waals surface area contributed by atoms with E-state index in [-0.39, 0.29) is 5.91 Å². The molecule has 1 aliphatic rings. The molecule has 3 aromatic carbocycles. The van der Waals surface area contributed by atoms with Crippen molar-refractivity contribution < 1.29 is 19.1 Å². The van der Waals surface area contributed by atoms with E-state index in [1.54, 1.807) is 38.5 Å². The van der Waals surface area contributed by atoms with Crippen molar-refractivity contribution in [3.63, 3.8) is 0 Å². The lowest BCUT2D eigenvalue weighted by Crippen LogP contribution is -2.27. The Labute approximate surface area is 205 Å². The van der Waals surface area contributed by atoms with Crippen molar-refractivity contribution in [2.24, 2.45) is 0 Å². The molecule has 0 aliphatic carbocycles. The third-order valence-electron chi connectivity index (χ3n) is 5.85. The summed E-state index contributed by atoms with van der Waals surface area (Å²) in [6.07, 6.45) is 2.19. The van der Waals surface area contributed by atoms with Gasteiger partial charge in [-0.2, -0.15) is 0 Å². The number of rotatable bonds is 8. The van der Waals surface area contributed by atoms with Gasteiger partial charge in [-0.05, 0) is 36.6 Å². The molecule has 1 fully saturated rings. The average molecular weight is 475 g/mol. The number of hydrogen-bond acceptors (Lipinski definition) is 5. The molecule has 0 bridgehead atoms. The summed E-state index contributed by atoms with van der Waals surface area (Å²) < 4.78 is 10.5.